The molecule has 1 aliphatic carbocycles. The molecule has 0 aliphatic heterocycles. The van der Waals surface area contributed by atoms with Crippen LogP contribution in [0.25, 0.3) is 10.2 Å². The van der Waals surface area contributed by atoms with Gasteiger partial charge in [-0.1, -0.05) is 0 Å². The van der Waals surface area contributed by atoms with Gasteiger partial charge in [-0.15, -0.1) is 16.1 Å². The van der Waals surface area contributed by atoms with Crippen molar-refractivity contribution in [3.05, 3.63) is 39.9 Å². The quantitative estimate of drug-likeness (QED) is 0.339. The fraction of sp³-hybridized carbons (Fsp3) is 0.500. The van der Waals surface area contributed by atoms with Gasteiger partial charge < -0.3 is 19.0 Å². The van der Waals surface area contributed by atoms with Crippen LogP contribution in [0.4, 0.5) is 4.79 Å². The van der Waals surface area contributed by atoms with E-state index in [4.69, 9.17) is 20.8 Å². The third-order valence-electron chi connectivity index (χ3n) is 5.79. The number of amides is 1. The summed E-state index contributed by atoms with van der Waals surface area (Å²) in [6.45, 7) is 10.1. The van der Waals surface area contributed by atoms with Crippen LogP contribution in [-0.2, 0) is 23.3 Å². The summed E-state index contributed by atoms with van der Waals surface area (Å²) >= 11 is 6.48. The van der Waals surface area contributed by atoms with Crippen molar-refractivity contribution in [2.75, 3.05) is 0 Å². The topological polar surface area (TPSA) is 112 Å². The zero-order chi connectivity index (χ0) is 24.0. The highest BCUT2D eigenvalue weighted by Gasteiger charge is 2.53. The second-order valence-corrected chi connectivity index (χ2v) is 12.6. The molecule has 3 aromatic rings. The number of aromatic nitrogens is 2. The van der Waals surface area contributed by atoms with Gasteiger partial charge in [0.25, 0.3) is 0 Å². The monoisotopic (exact) mass is 510 g/mol. The van der Waals surface area contributed by atoms with Crippen LogP contribution >= 0.6 is 22.9 Å². The predicted octanol–water partition coefficient (Wildman–Crippen LogP) is 5.01. The van der Waals surface area contributed by atoms with E-state index in [1.165, 1.54) is 17.6 Å². The normalized spacial score (nSPS) is 17.1. The number of fused-ring (bicyclic) bond motifs is 1. The molecule has 1 aliphatic rings. The second kappa shape index (κ2) is 9.07. The number of aryl methyl sites for hydroxylation is 1. The molecule has 3 heterocycles. The Labute approximate surface area is 204 Å². The van der Waals surface area contributed by atoms with Crippen molar-refractivity contribution in [3.8, 4) is 5.88 Å². The number of nitrogens with one attached hydrogen (secondary N) is 2. The SMILES string of the molecule is Cc1c(C2(C(C)N[S@+]([O-])C(C)(C)C)CC2)sc2c(OC(=O)NCc3ccco3)nc(Cl)nc12. The molecule has 2 N–H and O–H groups in total. The summed E-state index contributed by atoms with van der Waals surface area (Å²) in [6.07, 6.45) is 2.81. The highest BCUT2D eigenvalue weighted by molar-refractivity contribution is 7.90. The molecule has 1 saturated carbocycles. The van der Waals surface area contributed by atoms with Crippen LogP contribution < -0.4 is 14.8 Å². The lowest BCUT2D eigenvalue weighted by Crippen LogP contribution is -2.48. The molecule has 0 bridgehead atoms. The average molecular weight is 511 g/mol. The standard InChI is InChI=1S/C22H27ClN4O4S2/c1-12-15-16(32-17(12)22(8-9-22)13(2)27-33(29)21(3,4)5)18(26-19(23)25-15)31-20(28)24-11-14-7-6-10-30-14/h6-7,10,13,27H,8-9,11H2,1-5H3,(H,24,28)/t13?,33-/m1/s1. The smallest absolute Gasteiger partial charge is 0.414 e. The number of hydrogen-bond donors (Lipinski definition) is 2. The summed E-state index contributed by atoms with van der Waals surface area (Å²) in [5.41, 5.74) is 1.49. The second-order valence-electron chi connectivity index (χ2n) is 9.23. The number of rotatable bonds is 7. The first-order valence-corrected chi connectivity index (χ1v) is 13.0. The maximum absolute atomic E-state index is 12.7. The number of thiophene rings is 1. The molecular formula is C22H27ClN4O4S2. The minimum absolute atomic E-state index is 0.00582. The molecule has 1 unspecified atom stereocenters. The number of ether oxygens (including phenoxy) is 1. The lowest BCUT2D eigenvalue weighted by molar-refractivity contribution is 0.198. The predicted molar refractivity (Wildman–Crippen MR) is 130 cm³/mol. The Bertz CT molecular complexity index is 1160. The van der Waals surface area contributed by atoms with Crippen molar-refractivity contribution in [1.82, 2.24) is 20.0 Å². The van der Waals surface area contributed by atoms with E-state index in [-0.39, 0.29) is 33.9 Å². The van der Waals surface area contributed by atoms with E-state index in [2.05, 4.69) is 26.9 Å². The summed E-state index contributed by atoms with van der Waals surface area (Å²) in [6, 6.07) is 3.49. The number of carbonyl (C=O) groups excluding carboxylic acids is 1. The highest BCUT2D eigenvalue weighted by Crippen LogP contribution is 2.56. The van der Waals surface area contributed by atoms with Crippen molar-refractivity contribution in [3.63, 3.8) is 0 Å². The van der Waals surface area contributed by atoms with Gasteiger partial charge in [0.2, 0.25) is 11.2 Å². The maximum atomic E-state index is 12.7. The highest BCUT2D eigenvalue weighted by atomic mass is 35.5. The van der Waals surface area contributed by atoms with E-state index < -0.39 is 17.5 Å². The Morgan fingerprint density at radius 3 is 2.76 bits per heavy atom. The van der Waals surface area contributed by atoms with Gasteiger partial charge in [0, 0.05) is 21.7 Å². The van der Waals surface area contributed by atoms with Crippen LogP contribution in [0.15, 0.2) is 22.8 Å². The molecule has 0 aromatic carbocycles. The van der Waals surface area contributed by atoms with Gasteiger partial charge in [-0.2, -0.15) is 4.98 Å². The zero-order valence-corrected chi connectivity index (χ0v) is 21.5. The summed E-state index contributed by atoms with van der Waals surface area (Å²) in [5.74, 6) is 0.729. The molecule has 2 atom stereocenters. The van der Waals surface area contributed by atoms with Gasteiger partial charge in [0.05, 0.1) is 24.4 Å². The summed E-state index contributed by atoms with van der Waals surface area (Å²) < 4.78 is 27.0. The Kier molecular flexibility index (Phi) is 6.67. The van der Waals surface area contributed by atoms with E-state index in [0.29, 0.717) is 16.0 Å². The van der Waals surface area contributed by atoms with Gasteiger partial charge in [0.1, 0.15) is 15.2 Å². The van der Waals surface area contributed by atoms with Crippen molar-refractivity contribution < 1.29 is 18.5 Å². The van der Waals surface area contributed by atoms with Crippen LogP contribution in [0, 0.1) is 6.92 Å². The Morgan fingerprint density at radius 2 is 2.15 bits per heavy atom. The van der Waals surface area contributed by atoms with Crippen molar-refractivity contribution in [2.24, 2.45) is 0 Å². The molecule has 0 saturated heterocycles. The van der Waals surface area contributed by atoms with E-state index in [0.717, 1.165) is 23.3 Å². The summed E-state index contributed by atoms with van der Waals surface area (Å²) in [5, 5.41) is 2.65. The third kappa shape index (κ3) is 5.00. The van der Waals surface area contributed by atoms with Crippen LogP contribution in [0.1, 0.15) is 56.7 Å². The molecule has 1 amide bonds. The van der Waals surface area contributed by atoms with Crippen LogP contribution in [-0.4, -0.2) is 31.4 Å². The lowest BCUT2D eigenvalue weighted by Gasteiger charge is -2.30. The molecular weight excluding hydrogens is 484 g/mol. The number of nitrogens with zero attached hydrogens (tertiary/aromatic N) is 2. The first-order chi connectivity index (χ1) is 15.5. The Balaban J connectivity index is 1.60. The van der Waals surface area contributed by atoms with Crippen molar-refractivity contribution in [2.45, 2.75) is 70.2 Å². The fourth-order valence-electron chi connectivity index (χ4n) is 3.72. The average Bonchev–Trinajstić information content (AvgIpc) is 3.23. The van der Waals surface area contributed by atoms with Crippen molar-refractivity contribution >= 4 is 50.6 Å². The first-order valence-electron chi connectivity index (χ1n) is 10.6. The maximum Gasteiger partial charge on any atom is 0.414 e. The summed E-state index contributed by atoms with van der Waals surface area (Å²) in [4.78, 5) is 22.1. The van der Waals surface area contributed by atoms with Gasteiger partial charge in [-0.3, -0.25) is 0 Å². The summed E-state index contributed by atoms with van der Waals surface area (Å²) in [7, 11) is 0. The minimum Gasteiger partial charge on any atom is -0.598 e. The number of halogens is 1. The zero-order valence-electron chi connectivity index (χ0n) is 19.2. The molecule has 33 heavy (non-hydrogen) atoms. The van der Waals surface area contributed by atoms with Gasteiger partial charge in [-0.05, 0) is 76.8 Å². The number of furan rings is 1. The molecule has 3 aromatic heterocycles. The van der Waals surface area contributed by atoms with Crippen molar-refractivity contribution in [1.29, 1.82) is 0 Å². The van der Waals surface area contributed by atoms with Crippen LogP contribution in [0.2, 0.25) is 5.28 Å². The molecule has 11 heteroatoms. The van der Waals surface area contributed by atoms with Gasteiger partial charge >= 0.3 is 6.09 Å². The molecule has 1 fully saturated rings. The molecule has 4 rings (SSSR count). The lowest BCUT2D eigenvalue weighted by atomic mass is 9.94. The number of hydrogen-bond acceptors (Lipinski definition) is 8. The molecule has 178 valence electrons. The third-order valence-corrected chi connectivity index (χ3v) is 9.13. The Morgan fingerprint density at radius 1 is 1.42 bits per heavy atom. The van der Waals surface area contributed by atoms with Gasteiger partial charge in [0.15, 0.2) is 0 Å². The molecule has 0 spiro atoms. The van der Waals surface area contributed by atoms with E-state index >= 15 is 0 Å². The van der Waals surface area contributed by atoms with Crippen LogP contribution in [0.5, 0.6) is 5.88 Å². The first kappa shape index (κ1) is 24.3. The van der Waals surface area contributed by atoms with E-state index in [1.54, 1.807) is 12.1 Å². The molecule has 0 radical (unpaired) electrons. The van der Waals surface area contributed by atoms with E-state index in [9.17, 15) is 9.35 Å². The minimum atomic E-state index is -1.18. The largest absolute Gasteiger partial charge is 0.598 e. The fourth-order valence-corrected chi connectivity index (χ4v) is 6.29. The Hall–Kier alpha value is -1.85. The van der Waals surface area contributed by atoms with Crippen LogP contribution in [0.3, 0.4) is 0 Å². The van der Waals surface area contributed by atoms with E-state index in [1.807, 2.05) is 27.7 Å². The van der Waals surface area contributed by atoms with Gasteiger partial charge in [-0.25, -0.2) is 9.78 Å². The molecule has 8 nitrogen and oxygen atoms in total. The number of carbonyl (C=O) groups is 1.